The third-order valence-corrected chi connectivity index (χ3v) is 3.30. The van der Waals surface area contributed by atoms with Gasteiger partial charge in [0.1, 0.15) is 19.5 Å². The van der Waals surface area contributed by atoms with E-state index in [0.717, 1.165) is 20.8 Å². The van der Waals surface area contributed by atoms with Crippen molar-refractivity contribution >= 4 is 23.9 Å². The van der Waals surface area contributed by atoms with Crippen LogP contribution < -0.4 is 0 Å². The molecular weight excluding hydrogens is 368 g/mol. The number of ether oxygens (including phenoxy) is 7. The number of hydrogen-bond acceptors (Lipinski definition) is 11. The van der Waals surface area contributed by atoms with Crippen molar-refractivity contribution in [1.82, 2.24) is 0 Å². The molecule has 0 bridgehead atoms. The van der Waals surface area contributed by atoms with Crippen molar-refractivity contribution in [2.45, 2.75) is 58.4 Å². The average molecular weight is 392 g/mol. The second-order valence-electron chi connectivity index (χ2n) is 5.64. The number of hydrogen-bond donors (Lipinski definition) is 0. The molecule has 0 spiro atoms. The van der Waals surface area contributed by atoms with Gasteiger partial charge in [-0.3, -0.25) is 19.2 Å². The molecule has 5 atom stereocenters. The highest BCUT2D eigenvalue weighted by Crippen LogP contribution is 2.29. The van der Waals surface area contributed by atoms with Crippen LogP contribution in [0.15, 0.2) is 0 Å². The number of carbonyl (C=O) groups is 4. The van der Waals surface area contributed by atoms with Crippen LogP contribution in [0.4, 0.5) is 0 Å². The van der Waals surface area contributed by atoms with Crippen LogP contribution in [0.5, 0.6) is 0 Å². The number of carbonyl (C=O) groups excluding carboxylic acids is 4. The summed E-state index contributed by atoms with van der Waals surface area (Å²) in [5.74, 6) is -2.72. The minimum absolute atomic E-state index is 0.228. The molecule has 1 saturated heterocycles. The predicted octanol–water partition coefficient (Wildman–Crippen LogP) is -0.310. The topological polar surface area (TPSA) is 133 Å². The maximum Gasteiger partial charge on any atom is 0.303 e. The van der Waals surface area contributed by atoms with Gasteiger partial charge < -0.3 is 33.2 Å². The van der Waals surface area contributed by atoms with Gasteiger partial charge in [0.2, 0.25) is 6.29 Å². The summed E-state index contributed by atoms with van der Waals surface area (Å²) in [5, 5.41) is 0. The van der Waals surface area contributed by atoms with Crippen molar-refractivity contribution in [2.75, 3.05) is 20.5 Å². The van der Waals surface area contributed by atoms with Crippen LogP contribution in [0.25, 0.3) is 0 Å². The zero-order valence-electron chi connectivity index (χ0n) is 15.8. The van der Waals surface area contributed by atoms with Crippen molar-refractivity contribution in [2.24, 2.45) is 0 Å². The summed E-state index contributed by atoms with van der Waals surface area (Å²) in [7, 11) is 1.37. The van der Waals surface area contributed by atoms with Crippen LogP contribution in [0.2, 0.25) is 0 Å². The van der Waals surface area contributed by atoms with E-state index in [1.165, 1.54) is 14.0 Å². The summed E-state index contributed by atoms with van der Waals surface area (Å²) in [6.07, 6.45) is -6.00. The van der Waals surface area contributed by atoms with E-state index in [0.29, 0.717) is 0 Å². The Morgan fingerprint density at radius 2 is 1.30 bits per heavy atom. The monoisotopic (exact) mass is 392 g/mol. The SMILES string of the molecule is COCO[C@@H]1O[C@H](COC(C)=O)[C@@H](OC(C)=O)[C@H](OC(C)=O)[C@H]1OC(C)=O. The Morgan fingerprint density at radius 1 is 0.778 bits per heavy atom. The van der Waals surface area contributed by atoms with Gasteiger partial charge in [-0.15, -0.1) is 0 Å². The third-order valence-electron chi connectivity index (χ3n) is 3.30. The summed E-state index contributed by atoms with van der Waals surface area (Å²) < 4.78 is 36.4. The van der Waals surface area contributed by atoms with Crippen molar-refractivity contribution in [3.05, 3.63) is 0 Å². The van der Waals surface area contributed by atoms with Crippen LogP contribution in [0.1, 0.15) is 27.7 Å². The van der Waals surface area contributed by atoms with Crippen LogP contribution in [-0.4, -0.2) is 75.1 Å². The number of methoxy groups -OCH3 is 1. The minimum Gasteiger partial charge on any atom is -0.463 e. The molecule has 0 aliphatic carbocycles. The van der Waals surface area contributed by atoms with E-state index in [2.05, 4.69) is 0 Å². The first kappa shape index (κ1) is 22.8. The van der Waals surface area contributed by atoms with E-state index in [1.54, 1.807) is 0 Å². The van der Waals surface area contributed by atoms with Gasteiger partial charge in [0.05, 0.1) is 0 Å². The molecule has 1 rings (SSSR count). The summed E-state index contributed by atoms with van der Waals surface area (Å²) in [4.78, 5) is 45.8. The van der Waals surface area contributed by atoms with Gasteiger partial charge in [0, 0.05) is 34.8 Å². The fourth-order valence-corrected chi connectivity index (χ4v) is 2.46. The Bertz CT molecular complexity index is 546. The maximum atomic E-state index is 11.6. The highest BCUT2D eigenvalue weighted by Gasteiger charge is 2.52. The normalized spacial score (nSPS) is 27.4. The lowest BCUT2D eigenvalue weighted by Crippen LogP contribution is -2.63. The first-order valence-corrected chi connectivity index (χ1v) is 8.06. The van der Waals surface area contributed by atoms with Gasteiger partial charge in [-0.05, 0) is 0 Å². The Hall–Kier alpha value is -2.24. The lowest BCUT2D eigenvalue weighted by molar-refractivity contribution is -0.320. The van der Waals surface area contributed by atoms with E-state index < -0.39 is 54.6 Å². The predicted molar refractivity (Wildman–Crippen MR) is 84.9 cm³/mol. The lowest BCUT2D eigenvalue weighted by Gasteiger charge is -2.43. The summed E-state index contributed by atoms with van der Waals surface area (Å²) >= 11 is 0. The molecular formula is C16H24O11. The van der Waals surface area contributed by atoms with Gasteiger partial charge in [0.25, 0.3) is 0 Å². The van der Waals surface area contributed by atoms with E-state index in [9.17, 15) is 19.2 Å². The molecule has 0 unspecified atom stereocenters. The number of rotatable bonds is 8. The van der Waals surface area contributed by atoms with Crippen LogP contribution in [0, 0.1) is 0 Å². The third kappa shape index (κ3) is 7.49. The Morgan fingerprint density at radius 3 is 1.78 bits per heavy atom. The van der Waals surface area contributed by atoms with Crippen molar-refractivity contribution < 1.29 is 52.3 Å². The molecule has 11 heteroatoms. The highest BCUT2D eigenvalue weighted by molar-refractivity contribution is 5.68. The van der Waals surface area contributed by atoms with Gasteiger partial charge >= 0.3 is 23.9 Å². The van der Waals surface area contributed by atoms with Gasteiger partial charge in [0.15, 0.2) is 18.3 Å². The molecule has 0 saturated carbocycles. The fourth-order valence-electron chi connectivity index (χ4n) is 2.46. The molecule has 0 amide bonds. The van der Waals surface area contributed by atoms with E-state index >= 15 is 0 Å². The smallest absolute Gasteiger partial charge is 0.303 e. The van der Waals surface area contributed by atoms with E-state index in [4.69, 9.17) is 33.2 Å². The van der Waals surface area contributed by atoms with Crippen molar-refractivity contribution in [3.63, 3.8) is 0 Å². The van der Waals surface area contributed by atoms with E-state index in [1.807, 2.05) is 0 Å². The minimum atomic E-state index is -1.26. The second kappa shape index (κ2) is 10.8. The maximum absolute atomic E-state index is 11.6. The van der Waals surface area contributed by atoms with Gasteiger partial charge in [-0.25, -0.2) is 0 Å². The zero-order chi connectivity index (χ0) is 20.6. The first-order valence-electron chi connectivity index (χ1n) is 8.06. The second-order valence-corrected chi connectivity index (χ2v) is 5.64. The van der Waals surface area contributed by atoms with Crippen molar-refractivity contribution in [1.29, 1.82) is 0 Å². The van der Waals surface area contributed by atoms with Crippen molar-refractivity contribution in [3.8, 4) is 0 Å². The standard InChI is InChI=1S/C16H24O11/c1-8(17)22-6-12-13(24-9(2)18)14(25-10(3)19)15(26-11(4)20)16(27-12)23-7-21-5/h12-16H,6-7H2,1-5H3/t12-,13-,14+,15-,16-/m1/s1. The van der Waals surface area contributed by atoms with Gasteiger partial charge in [-0.2, -0.15) is 0 Å². The van der Waals surface area contributed by atoms with Gasteiger partial charge in [-0.1, -0.05) is 0 Å². The molecule has 11 nitrogen and oxygen atoms in total. The summed E-state index contributed by atoms with van der Waals surface area (Å²) in [5.41, 5.74) is 0. The van der Waals surface area contributed by atoms with Crippen LogP contribution >= 0.6 is 0 Å². The fraction of sp³-hybridized carbons (Fsp3) is 0.750. The molecule has 1 heterocycles. The number of esters is 4. The zero-order valence-corrected chi connectivity index (χ0v) is 15.8. The molecule has 0 aromatic carbocycles. The Labute approximate surface area is 156 Å². The van der Waals surface area contributed by atoms with Crippen LogP contribution in [-0.2, 0) is 52.3 Å². The molecule has 0 N–H and O–H groups in total. The Kier molecular flexibility index (Phi) is 9.12. The average Bonchev–Trinajstić information content (AvgIpc) is 2.54. The Balaban J connectivity index is 3.22. The van der Waals surface area contributed by atoms with E-state index in [-0.39, 0.29) is 13.4 Å². The molecule has 0 radical (unpaired) electrons. The van der Waals surface area contributed by atoms with Crippen LogP contribution in [0.3, 0.4) is 0 Å². The summed E-state index contributed by atoms with van der Waals surface area (Å²) in [6.45, 7) is 4.06. The quantitative estimate of drug-likeness (QED) is 0.306. The highest BCUT2D eigenvalue weighted by atomic mass is 16.8. The largest absolute Gasteiger partial charge is 0.463 e. The first-order chi connectivity index (χ1) is 12.6. The lowest BCUT2D eigenvalue weighted by atomic mass is 9.98. The molecule has 1 aliphatic rings. The molecule has 1 fully saturated rings. The molecule has 0 aromatic heterocycles. The molecule has 27 heavy (non-hydrogen) atoms. The summed E-state index contributed by atoms with van der Waals surface area (Å²) in [6, 6.07) is 0. The molecule has 154 valence electrons. The molecule has 1 aliphatic heterocycles. The molecule has 0 aromatic rings.